The molecule has 1 aromatic rings. The van der Waals surface area contributed by atoms with Crippen LogP contribution in [0.4, 0.5) is 0 Å². The van der Waals surface area contributed by atoms with Crippen LogP contribution in [-0.4, -0.2) is 29.6 Å². The lowest BCUT2D eigenvalue weighted by atomic mass is 10.0. The first-order valence-electron chi connectivity index (χ1n) is 7.30. The van der Waals surface area contributed by atoms with E-state index < -0.39 is 12.0 Å². The molecule has 1 aliphatic rings. The van der Waals surface area contributed by atoms with Crippen LogP contribution >= 0.6 is 0 Å². The van der Waals surface area contributed by atoms with Crippen LogP contribution in [-0.2, 0) is 9.59 Å². The number of rotatable bonds is 7. The summed E-state index contributed by atoms with van der Waals surface area (Å²) in [4.78, 5) is 23.0. The van der Waals surface area contributed by atoms with Crippen LogP contribution in [0.1, 0.15) is 36.9 Å². The Kier molecular flexibility index (Phi) is 4.96. The predicted molar refractivity (Wildman–Crippen MR) is 79.9 cm³/mol. The average molecular weight is 290 g/mol. The van der Waals surface area contributed by atoms with Crippen LogP contribution in [0.3, 0.4) is 0 Å². The Morgan fingerprint density at radius 1 is 1.33 bits per heavy atom. The zero-order chi connectivity index (χ0) is 15.4. The van der Waals surface area contributed by atoms with Gasteiger partial charge in [-0.2, -0.15) is 0 Å². The Balaban J connectivity index is 1.84. The van der Waals surface area contributed by atoms with Gasteiger partial charge in [-0.25, -0.2) is 0 Å². The number of hydrogen-bond acceptors (Lipinski definition) is 3. The van der Waals surface area contributed by atoms with Gasteiger partial charge in [-0.3, -0.25) is 14.9 Å². The second-order valence-corrected chi connectivity index (χ2v) is 5.68. The highest BCUT2D eigenvalue weighted by atomic mass is 16.4. The standard InChI is InChI=1S/C16H22N2O3/c1-10-5-3-4-6-13(10)11(2)18-14(19)9-17-15(16(20)21)12-7-8-12/h3-6,11-12,15,17H,7-9H2,1-2H3,(H,18,19)(H,20,21). The fraction of sp³-hybridized carbons (Fsp3) is 0.500. The molecule has 0 heterocycles. The maximum absolute atomic E-state index is 11.9. The molecule has 0 spiro atoms. The third kappa shape index (κ3) is 4.29. The number of aliphatic carboxylic acids is 1. The summed E-state index contributed by atoms with van der Waals surface area (Å²) in [5, 5.41) is 14.8. The minimum absolute atomic E-state index is 0.0314. The lowest BCUT2D eigenvalue weighted by molar-refractivity contribution is -0.140. The number of amides is 1. The summed E-state index contributed by atoms with van der Waals surface area (Å²) in [6.07, 6.45) is 1.84. The summed E-state index contributed by atoms with van der Waals surface area (Å²) in [5.41, 5.74) is 2.20. The van der Waals surface area contributed by atoms with E-state index in [-0.39, 0.29) is 24.4 Å². The van der Waals surface area contributed by atoms with Crippen molar-refractivity contribution >= 4 is 11.9 Å². The summed E-state index contributed by atoms with van der Waals surface area (Å²) in [5.74, 6) is -0.890. The van der Waals surface area contributed by atoms with E-state index >= 15 is 0 Å². The van der Waals surface area contributed by atoms with Gasteiger partial charge >= 0.3 is 5.97 Å². The molecule has 0 aliphatic heterocycles. The van der Waals surface area contributed by atoms with Crippen molar-refractivity contribution in [1.82, 2.24) is 10.6 Å². The number of benzene rings is 1. The van der Waals surface area contributed by atoms with Crippen molar-refractivity contribution in [2.45, 2.75) is 38.8 Å². The van der Waals surface area contributed by atoms with Crippen molar-refractivity contribution in [1.29, 1.82) is 0 Å². The largest absolute Gasteiger partial charge is 0.480 e. The van der Waals surface area contributed by atoms with Crippen LogP contribution in [0, 0.1) is 12.8 Å². The normalized spacial score (nSPS) is 17.0. The quantitative estimate of drug-likeness (QED) is 0.713. The molecule has 5 heteroatoms. The van der Waals surface area contributed by atoms with Gasteiger partial charge < -0.3 is 10.4 Å². The maximum Gasteiger partial charge on any atom is 0.320 e. The molecule has 2 rings (SSSR count). The fourth-order valence-corrected chi connectivity index (χ4v) is 2.53. The van der Waals surface area contributed by atoms with Crippen molar-refractivity contribution in [3.8, 4) is 0 Å². The van der Waals surface area contributed by atoms with Crippen LogP contribution in [0.2, 0.25) is 0 Å². The second kappa shape index (κ2) is 6.72. The third-order valence-electron chi connectivity index (χ3n) is 3.87. The molecule has 2 unspecified atom stereocenters. The topological polar surface area (TPSA) is 78.4 Å². The minimum Gasteiger partial charge on any atom is -0.480 e. The first-order chi connectivity index (χ1) is 9.99. The SMILES string of the molecule is Cc1ccccc1C(C)NC(=O)CNC(C(=O)O)C1CC1. The Bertz CT molecular complexity index is 526. The van der Waals surface area contributed by atoms with Crippen LogP contribution in [0.5, 0.6) is 0 Å². The van der Waals surface area contributed by atoms with Crippen LogP contribution in [0.15, 0.2) is 24.3 Å². The predicted octanol–water partition coefficient (Wildman–Crippen LogP) is 1.63. The first-order valence-corrected chi connectivity index (χ1v) is 7.30. The number of carboxylic acid groups (broad SMARTS) is 1. The van der Waals surface area contributed by atoms with Gasteiger partial charge in [0.05, 0.1) is 12.6 Å². The van der Waals surface area contributed by atoms with Gasteiger partial charge in [0.2, 0.25) is 5.91 Å². The van der Waals surface area contributed by atoms with Crippen LogP contribution in [0.25, 0.3) is 0 Å². The molecule has 0 bridgehead atoms. The molecule has 5 nitrogen and oxygen atoms in total. The highest BCUT2D eigenvalue weighted by molar-refractivity contribution is 5.80. The molecule has 114 valence electrons. The summed E-state index contributed by atoms with van der Waals surface area (Å²) in [7, 11) is 0. The highest BCUT2D eigenvalue weighted by Crippen LogP contribution is 2.32. The van der Waals surface area contributed by atoms with E-state index in [2.05, 4.69) is 10.6 Å². The smallest absolute Gasteiger partial charge is 0.320 e. The fourth-order valence-electron chi connectivity index (χ4n) is 2.53. The van der Waals surface area contributed by atoms with Gasteiger partial charge in [0.25, 0.3) is 0 Å². The molecule has 1 aromatic carbocycles. The molecule has 0 saturated heterocycles. The zero-order valence-corrected chi connectivity index (χ0v) is 12.4. The molecule has 0 aromatic heterocycles. The molecular weight excluding hydrogens is 268 g/mol. The summed E-state index contributed by atoms with van der Waals surface area (Å²) in [6, 6.07) is 7.19. The van der Waals surface area contributed by atoms with Crippen molar-refractivity contribution in [2.24, 2.45) is 5.92 Å². The summed E-state index contributed by atoms with van der Waals surface area (Å²) >= 11 is 0. The van der Waals surface area contributed by atoms with Gasteiger partial charge in [-0.1, -0.05) is 24.3 Å². The van der Waals surface area contributed by atoms with Crippen molar-refractivity contribution in [3.63, 3.8) is 0 Å². The Labute approximate surface area is 124 Å². The molecule has 2 atom stereocenters. The first kappa shape index (κ1) is 15.5. The molecule has 0 radical (unpaired) electrons. The summed E-state index contributed by atoms with van der Waals surface area (Å²) < 4.78 is 0. The zero-order valence-electron chi connectivity index (χ0n) is 12.4. The van der Waals surface area contributed by atoms with Crippen molar-refractivity contribution in [2.75, 3.05) is 6.54 Å². The van der Waals surface area contributed by atoms with E-state index in [1.807, 2.05) is 38.1 Å². The maximum atomic E-state index is 11.9. The number of carbonyl (C=O) groups is 2. The number of carboxylic acids is 1. The van der Waals surface area contributed by atoms with E-state index in [0.717, 1.165) is 24.0 Å². The van der Waals surface area contributed by atoms with E-state index in [0.29, 0.717) is 0 Å². The monoisotopic (exact) mass is 290 g/mol. The molecule has 3 N–H and O–H groups in total. The van der Waals surface area contributed by atoms with E-state index in [1.54, 1.807) is 0 Å². The molecule has 1 aliphatic carbocycles. The highest BCUT2D eigenvalue weighted by Gasteiger charge is 2.36. The molecule has 1 fully saturated rings. The number of hydrogen-bond donors (Lipinski definition) is 3. The van der Waals surface area contributed by atoms with Gasteiger partial charge in [-0.15, -0.1) is 0 Å². The van der Waals surface area contributed by atoms with E-state index in [9.17, 15) is 9.59 Å². The Hall–Kier alpha value is -1.88. The summed E-state index contributed by atoms with van der Waals surface area (Å²) in [6.45, 7) is 3.96. The van der Waals surface area contributed by atoms with Gasteiger partial charge in [-0.05, 0) is 43.7 Å². The average Bonchev–Trinajstić information content (AvgIpc) is 3.23. The lowest BCUT2D eigenvalue weighted by Gasteiger charge is -2.18. The minimum atomic E-state index is -0.878. The van der Waals surface area contributed by atoms with E-state index in [4.69, 9.17) is 5.11 Å². The van der Waals surface area contributed by atoms with E-state index in [1.165, 1.54) is 0 Å². The van der Waals surface area contributed by atoms with Gasteiger partial charge in [0.15, 0.2) is 0 Å². The third-order valence-corrected chi connectivity index (χ3v) is 3.87. The van der Waals surface area contributed by atoms with Crippen LogP contribution < -0.4 is 10.6 Å². The number of carbonyl (C=O) groups excluding carboxylic acids is 1. The molecular formula is C16H22N2O3. The molecule has 1 saturated carbocycles. The van der Waals surface area contributed by atoms with Gasteiger partial charge in [0.1, 0.15) is 6.04 Å². The number of aryl methyl sites for hydroxylation is 1. The Morgan fingerprint density at radius 3 is 2.57 bits per heavy atom. The number of nitrogens with one attached hydrogen (secondary N) is 2. The van der Waals surface area contributed by atoms with Gasteiger partial charge in [0, 0.05) is 0 Å². The Morgan fingerprint density at radius 2 is 2.00 bits per heavy atom. The van der Waals surface area contributed by atoms with Crippen molar-refractivity contribution in [3.05, 3.63) is 35.4 Å². The lowest BCUT2D eigenvalue weighted by Crippen LogP contribution is -2.44. The molecule has 1 amide bonds. The van der Waals surface area contributed by atoms with Crippen molar-refractivity contribution < 1.29 is 14.7 Å². The molecule has 21 heavy (non-hydrogen) atoms. The second-order valence-electron chi connectivity index (χ2n) is 5.68.